The van der Waals surface area contributed by atoms with Crippen molar-refractivity contribution in [3.05, 3.63) is 36.5 Å². The highest BCUT2D eigenvalue weighted by Gasteiger charge is 2.24. The molecule has 4 rings (SSSR count). The number of halogens is 1. The number of fused-ring (bicyclic) bond motifs is 1. The van der Waals surface area contributed by atoms with E-state index in [-0.39, 0.29) is 5.82 Å². The lowest BCUT2D eigenvalue weighted by molar-refractivity contribution is 0.310. The lowest BCUT2D eigenvalue weighted by atomic mass is 10.1. The maximum Gasteiger partial charge on any atom is 0.199 e. The Balaban J connectivity index is 0.00000141. The first kappa shape index (κ1) is 23.7. The van der Waals surface area contributed by atoms with Crippen LogP contribution in [0.25, 0.3) is 33.8 Å². The van der Waals surface area contributed by atoms with Crippen LogP contribution >= 0.6 is 15.9 Å². The third-order valence-corrected chi connectivity index (χ3v) is 5.34. The van der Waals surface area contributed by atoms with Crippen molar-refractivity contribution in [3.63, 3.8) is 0 Å². The van der Waals surface area contributed by atoms with Gasteiger partial charge < -0.3 is 15.0 Å². The number of anilines is 1. The second-order valence-electron chi connectivity index (χ2n) is 6.86. The molecule has 4 aromatic rings. The average Bonchev–Trinajstić information content (AvgIpc) is 3.43. The Morgan fingerprint density at radius 1 is 1.09 bits per heavy atom. The second-order valence-corrected chi connectivity index (χ2v) is 7.66. The number of rotatable bonds is 9. The van der Waals surface area contributed by atoms with Crippen molar-refractivity contribution in [3.8, 4) is 28.5 Å². The summed E-state index contributed by atoms with van der Waals surface area (Å²) in [6.07, 6.45) is 4.66. The maximum absolute atomic E-state index is 6.09. The second kappa shape index (κ2) is 11.6. The van der Waals surface area contributed by atoms with E-state index < -0.39 is 0 Å². The summed E-state index contributed by atoms with van der Waals surface area (Å²) in [5, 5.41) is 8.60. The van der Waals surface area contributed by atoms with E-state index in [1.165, 1.54) is 0 Å². The third kappa shape index (κ3) is 4.93. The van der Waals surface area contributed by atoms with Crippen molar-refractivity contribution in [2.45, 2.75) is 46.6 Å². The van der Waals surface area contributed by atoms with Crippen LogP contribution in [0.3, 0.4) is 0 Å². The molecule has 0 aliphatic rings. The summed E-state index contributed by atoms with van der Waals surface area (Å²) in [6, 6.07) is 9.98. The van der Waals surface area contributed by atoms with E-state index in [0.717, 1.165) is 53.4 Å². The van der Waals surface area contributed by atoms with E-state index in [9.17, 15) is 0 Å². The van der Waals surface area contributed by atoms with Gasteiger partial charge in [0.2, 0.25) is 0 Å². The quantitative estimate of drug-likeness (QED) is 0.231. The first-order valence-electron chi connectivity index (χ1n) is 11.0. The number of hydrogen-bond donors (Lipinski definition) is 1. The number of imidazole rings is 1. The Hall–Kier alpha value is -2.94. The summed E-state index contributed by atoms with van der Waals surface area (Å²) < 4.78 is 13.0. The zero-order valence-corrected chi connectivity index (χ0v) is 20.3. The van der Waals surface area contributed by atoms with Crippen molar-refractivity contribution in [1.29, 1.82) is 0 Å². The van der Waals surface area contributed by atoms with E-state index in [1.807, 2.05) is 44.2 Å². The largest absolute Gasteiger partial charge is 0.490 e. The minimum atomic E-state index is 0.207. The number of benzene rings is 1. The van der Waals surface area contributed by atoms with Crippen LogP contribution in [0.2, 0.25) is 0 Å². The Labute approximate surface area is 196 Å². The SMILES string of the molecule is CC.CCCCn1c(-c2nonc2N)nc2c(-c3ccccc3)ncc(OCCCBr)c21. The topological polar surface area (TPSA) is 105 Å². The fourth-order valence-corrected chi connectivity index (χ4v) is 3.56. The van der Waals surface area contributed by atoms with Gasteiger partial charge in [-0.25, -0.2) is 14.6 Å². The van der Waals surface area contributed by atoms with Gasteiger partial charge in [-0.05, 0) is 23.2 Å². The van der Waals surface area contributed by atoms with Crippen molar-refractivity contribution in [2.24, 2.45) is 0 Å². The van der Waals surface area contributed by atoms with Gasteiger partial charge in [0.05, 0.1) is 18.5 Å². The molecule has 0 amide bonds. The normalized spacial score (nSPS) is 10.8. The summed E-state index contributed by atoms with van der Waals surface area (Å²) in [6.45, 7) is 7.46. The predicted molar refractivity (Wildman–Crippen MR) is 131 cm³/mol. The Kier molecular flexibility index (Phi) is 8.61. The molecule has 0 spiro atoms. The Morgan fingerprint density at radius 3 is 2.53 bits per heavy atom. The lowest BCUT2D eigenvalue weighted by Gasteiger charge is -2.12. The standard InChI is InChI=1S/C21H23BrN6O2.C2H6/c1-2-3-11-28-19-15(29-12-7-10-22)13-24-16(14-8-5-4-6-9-14)17(19)25-21(28)18-20(23)27-30-26-18;1-2/h4-6,8-9,13H,2-3,7,10-12H2,1H3,(H2,23,27);1-2H3. The van der Waals surface area contributed by atoms with Gasteiger partial charge in [-0.2, -0.15) is 0 Å². The minimum Gasteiger partial charge on any atom is -0.490 e. The molecule has 0 aliphatic carbocycles. The van der Waals surface area contributed by atoms with E-state index in [4.69, 9.17) is 25.1 Å². The molecule has 0 bridgehead atoms. The zero-order valence-electron chi connectivity index (χ0n) is 18.7. The van der Waals surface area contributed by atoms with E-state index in [0.29, 0.717) is 23.9 Å². The molecule has 0 radical (unpaired) electrons. The van der Waals surface area contributed by atoms with Crippen LogP contribution in [0.4, 0.5) is 5.82 Å². The molecule has 32 heavy (non-hydrogen) atoms. The molecule has 1 aromatic carbocycles. The van der Waals surface area contributed by atoms with Crippen LogP contribution in [-0.4, -0.2) is 36.8 Å². The fraction of sp³-hybridized carbons (Fsp3) is 0.391. The Bertz CT molecular complexity index is 1130. The van der Waals surface area contributed by atoms with Crippen LogP contribution < -0.4 is 10.5 Å². The van der Waals surface area contributed by atoms with Gasteiger partial charge in [-0.3, -0.25) is 0 Å². The highest BCUT2D eigenvalue weighted by molar-refractivity contribution is 9.09. The average molecular weight is 501 g/mol. The number of pyridine rings is 1. The molecule has 0 atom stereocenters. The van der Waals surface area contributed by atoms with Gasteiger partial charge in [0, 0.05) is 17.4 Å². The molecule has 0 aliphatic heterocycles. The molecule has 3 heterocycles. The van der Waals surface area contributed by atoms with Gasteiger partial charge in [0.25, 0.3) is 0 Å². The molecule has 8 nitrogen and oxygen atoms in total. The van der Waals surface area contributed by atoms with Gasteiger partial charge in [-0.1, -0.05) is 73.5 Å². The summed E-state index contributed by atoms with van der Waals surface area (Å²) in [5.74, 6) is 1.50. The van der Waals surface area contributed by atoms with Gasteiger partial charge in [0.1, 0.15) is 11.0 Å². The molecular formula is C23H29BrN6O2. The number of aryl methyl sites for hydroxylation is 1. The molecular weight excluding hydrogens is 472 g/mol. The van der Waals surface area contributed by atoms with Gasteiger partial charge in [0.15, 0.2) is 23.1 Å². The highest BCUT2D eigenvalue weighted by atomic mass is 79.9. The smallest absolute Gasteiger partial charge is 0.199 e. The molecule has 9 heteroatoms. The summed E-state index contributed by atoms with van der Waals surface area (Å²) in [7, 11) is 0. The molecule has 3 aromatic heterocycles. The first-order valence-corrected chi connectivity index (χ1v) is 12.1. The van der Waals surface area contributed by atoms with Gasteiger partial charge >= 0.3 is 0 Å². The number of alkyl halides is 1. The number of aromatic nitrogens is 5. The lowest BCUT2D eigenvalue weighted by Crippen LogP contribution is -2.05. The van der Waals surface area contributed by atoms with Crippen LogP contribution in [0.1, 0.15) is 40.0 Å². The van der Waals surface area contributed by atoms with Crippen LogP contribution in [0.5, 0.6) is 5.75 Å². The van der Waals surface area contributed by atoms with Crippen molar-refractivity contribution in [2.75, 3.05) is 17.7 Å². The molecule has 0 saturated heterocycles. The van der Waals surface area contributed by atoms with Crippen molar-refractivity contribution < 1.29 is 9.37 Å². The van der Waals surface area contributed by atoms with E-state index >= 15 is 0 Å². The molecule has 0 saturated carbocycles. The van der Waals surface area contributed by atoms with Crippen molar-refractivity contribution in [1.82, 2.24) is 24.8 Å². The van der Waals surface area contributed by atoms with Crippen LogP contribution in [0, 0.1) is 0 Å². The van der Waals surface area contributed by atoms with Gasteiger partial charge in [-0.15, -0.1) is 0 Å². The summed E-state index contributed by atoms with van der Waals surface area (Å²) in [4.78, 5) is 9.59. The molecule has 170 valence electrons. The fourth-order valence-electron chi connectivity index (χ4n) is 3.33. The molecule has 2 N–H and O–H groups in total. The molecule has 0 unspecified atom stereocenters. The third-order valence-electron chi connectivity index (χ3n) is 4.78. The summed E-state index contributed by atoms with van der Waals surface area (Å²) >= 11 is 3.45. The predicted octanol–water partition coefficient (Wildman–Crippen LogP) is 5.72. The van der Waals surface area contributed by atoms with Crippen molar-refractivity contribution >= 4 is 32.8 Å². The number of nitrogen functional groups attached to an aromatic ring is 1. The van der Waals surface area contributed by atoms with Crippen LogP contribution in [0.15, 0.2) is 41.2 Å². The number of nitrogens with zero attached hydrogens (tertiary/aromatic N) is 5. The van der Waals surface area contributed by atoms with E-state index in [2.05, 4.69) is 37.7 Å². The monoisotopic (exact) mass is 500 g/mol. The minimum absolute atomic E-state index is 0.207. The number of unbranched alkanes of at least 4 members (excludes halogenated alkanes) is 1. The molecule has 0 fully saturated rings. The number of ether oxygens (including phenoxy) is 1. The Morgan fingerprint density at radius 2 is 1.88 bits per heavy atom. The summed E-state index contributed by atoms with van der Waals surface area (Å²) in [5.41, 5.74) is 9.81. The first-order chi connectivity index (χ1) is 15.7. The van der Waals surface area contributed by atoms with Crippen LogP contribution in [-0.2, 0) is 6.54 Å². The highest BCUT2D eigenvalue weighted by Crippen LogP contribution is 2.36. The number of nitrogens with two attached hydrogens (primary N) is 1. The number of hydrogen-bond acceptors (Lipinski definition) is 7. The van der Waals surface area contributed by atoms with E-state index in [1.54, 1.807) is 6.20 Å². The maximum atomic E-state index is 6.09. The zero-order chi connectivity index (χ0) is 22.9.